The molecule has 1 rings (SSSR count). The molecule has 84 valence electrons. The lowest BCUT2D eigenvalue weighted by Crippen LogP contribution is -2.36. The van der Waals surface area contributed by atoms with Gasteiger partial charge in [-0.1, -0.05) is 0 Å². The summed E-state index contributed by atoms with van der Waals surface area (Å²) < 4.78 is 26.9. The van der Waals surface area contributed by atoms with Crippen molar-refractivity contribution in [2.24, 2.45) is 0 Å². The summed E-state index contributed by atoms with van der Waals surface area (Å²) in [5, 5.41) is 9.99. The summed E-state index contributed by atoms with van der Waals surface area (Å²) in [7, 11) is -2.89. The molecule has 0 aromatic rings. The number of aliphatic hydroxyl groups is 1. The summed E-state index contributed by atoms with van der Waals surface area (Å²) in [5.41, 5.74) is -0.692. The van der Waals surface area contributed by atoms with E-state index >= 15 is 0 Å². The van der Waals surface area contributed by atoms with E-state index in [0.29, 0.717) is 38.9 Å². The Kier molecular flexibility index (Phi) is 3.92. The zero-order valence-corrected chi connectivity index (χ0v) is 9.35. The number of hydrogen-bond acceptors (Lipinski definition) is 4. The van der Waals surface area contributed by atoms with Gasteiger partial charge in [-0.3, -0.25) is 0 Å². The van der Waals surface area contributed by atoms with Crippen molar-refractivity contribution in [2.45, 2.75) is 31.3 Å². The highest BCUT2D eigenvalue weighted by atomic mass is 32.2. The van der Waals surface area contributed by atoms with Crippen LogP contribution in [0.15, 0.2) is 0 Å². The molecule has 0 radical (unpaired) electrons. The first kappa shape index (κ1) is 11.9. The number of sulfone groups is 1. The maximum Gasteiger partial charge on any atom is 0.147 e. The van der Waals surface area contributed by atoms with E-state index in [1.807, 2.05) is 0 Å². The van der Waals surface area contributed by atoms with Crippen LogP contribution in [0.4, 0.5) is 0 Å². The van der Waals surface area contributed by atoms with Gasteiger partial charge in [0.15, 0.2) is 0 Å². The van der Waals surface area contributed by atoms with Gasteiger partial charge in [-0.25, -0.2) is 8.42 Å². The van der Waals surface area contributed by atoms with Crippen molar-refractivity contribution in [3.63, 3.8) is 0 Å². The Bertz CT molecular complexity index is 265. The molecule has 14 heavy (non-hydrogen) atoms. The molecule has 0 atom stereocenters. The molecule has 0 spiro atoms. The Hall–Kier alpha value is -0.130. The minimum Gasteiger partial charge on any atom is -0.390 e. The summed E-state index contributed by atoms with van der Waals surface area (Å²) in [4.78, 5) is 0. The average Bonchev–Trinajstić information content (AvgIpc) is 2.02. The van der Waals surface area contributed by atoms with E-state index in [4.69, 9.17) is 4.74 Å². The van der Waals surface area contributed by atoms with E-state index in [9.17, 15) is 13.5 Å². The van der Waals surface area contributed by atoms with Crippen molar-refractivity contribution in [2.75, 3.05) is 25.2 Å². The highest BCUT2D eigenvalue weighted by molar-refractivity contribution is 7.90. The Morgan fingerprint density at radius 2 is 1.93 bits per heavy atom. The first-order valence-corrected chi connectivity index (χ1v) is 6.95. The van der Waals surface area contributed by atoms with Gasteiger partial charge < -0.3 is 9.84 Å². The second kappa shape index (κ2) is 4.59. The number of hydrogen-bond donors (Lipinski definition) is 1. The van der Waals surface area contributed by atoms with Gasteiger partial charge in [0.05, 0.1) is 5.60 Å². The lowest BCUT2D eigenvalue weighted by atomic mass is 9.90. The second-order valence-electron chi connectivity index (χ2n) is 4.07. The van der Waals surface area contributed by atoms with E-state index in [0.717, 1.165) is 0 Å². The molecule has 1 fully saturated rings. The third-order valence-corrected chi connectivity index (χ3v) is 3.61. The fourth-order valence-electron chi connectivity index (χ4n) is 1.66. The number of rotatable bonds is 4. The van der Waals surface area contributed by atoms with Gasteiger partial charge >= 0.3 is 0 Å². The van der Waals surface area contributed by atoms with Crippen molar-refractivity contribution in [3.8, 4) is 0 Å². The molecule has 0 saturated carbocycles. The fraction of sp³-hybridized carbons (Fsp3) is 1.00. The van der Waals surface area contributed by atoms with Crippen molar-refractivity contribution in [1.82, 2.24) is 0 Å². The predicted molar refractivity (Wildman–Crippen MR) is 53.9 cm³/mol. The SMILES string of the molecule is CS(=O)(=O)CCCC1(O)CCOCC1. The molecule has 0 aromatic heterocycles. The molecular formula is C9H18O4S. The minimum atomic E-state index is -2.89. The van der Waals surface area contributed by atoms with Crippen LogP contribution in [-0.4, -0.2) is 44.3 Å². The molecule has 1 aliphatic heterocycles. The smallest absolute Gasteiger partial charge is 0.147 e. The van der Waals surface area contributed by atoms with Gasteiger partial charge in [0.2, 0.25) is 0 Å². The fourth-order valence-corrected chi connectivity index (χ4v) is 2.33. The van der Waals surface area contributed by atoms with E-state index in [-0.39, 0.29) is 5.75 Å². The van der Waals surface area contributed by atoms with Gasteiger partial charge in [-0.15, -0.1) is 0 Å². The zero-order valence-electron chi connectivity index (χ0n) is 8.53. The van der Waals surface area contributed by atoms with Crippen molar-refractivity contribution < 1.29 is 18.3 Å². The molecule has 1 aliphatic rings. The Balaban J connectivity index is 2.29. The van der Waals surface area contributed by atoms with Gasteiger partial charge in [-0.2, -0.15) is 0 Å². The quantitative estimate of drug-likeness (QED) is 0.745. The lowest BCUT2D eigenvalue weighted by molar-refractivity contribution is -0.0680. The molecule has 0 aromatic carbocycles. The normalized spacial score (nSPS) is 22.1. The van der Waals surface area contributed by atoms with Crippen LogP contribution in [0.25, 0.3) is 0 Å². The third-order valence-electron chi connectivity index (χ3n) is 2.58. The largest absolute Gasteiger partial charge is 0.390 e. The monoisotopic (exact) mass is 222 g/mol. The van der Waals surface area contributed by atoms with E-state index < -0.39 is 15.4 Å². The van der Waals surface area contributed by atoms with Crippen molar-refractivity contribution in [1.29, 1.82) is 0 Å². The van der Waals surface area contributed by atoms with E-state index in [2.05, 4.69) is 0 Å². The van der Waals surface area contributed by atoms with Gasteiger partial charge in [0.25, 0.3) is 0 Å². The Morgan fingerprint density at radius 3 is 2.43 bits per heavy atom. The van der Waals surface area contributed by atoms with Gasteiger partial charge in [0, 0.05) is 25.2 Å². The number of ether oxygens (including phenoxy) is 1. The Labute approximate surface area is 85.2 Å². The first-order valence-electron chi connectivity index (χ1n) is 4.89. The highest BCUT2D eigenvalue weighted by Crippen LogP contribution is 2.25. The van der Waals surface area contributed by atoms with Crippen LogP contribution in [0.3, 0.4) is 0 Å². The van der Waals surface area contributed by atoms with E-state index in [1.165, 1.54) is 6.26 Å². The summed E-state index contributed by atoms with van der Waals surface area (Å²) in [6.45, 7) is 1.16. The highest BCUT2D eigenvalue weighted by Gasteiger charge is 2.29. The molecular weight excluding hydrogens is 204 g/mol. The standard InChI is InChI=1S/C9H18O4S/c1-14(11,12)8-2-3-9(10)4-6-13-7-5-9/h10H,2-8H2,1H3. The van der Waals surface area contributed by atoms with Crippen LogP contribution in [0.1, 0.15) is 25.7 Å². The van der Waals surface area contributed by atoms with Crippen LogP contribution in [0.5, 0.6) is 0 Å². The van der Waals surface area contributed by atoms with E-state index in [1.54, 1.807) is 0 Å². The lowest BCUT2D eigenvalue weighted by Gasteiger charge is -2.31. The molecule has 4 nitrogen and oxygen atoms in total. The molecule has 0 aliphatic carbocycles. The predicted octanol–water partition coefficient (Wildman–Crippen LogP) is 0.353. The molecule has 1 heterocycles. The molecule has 1 saturated heterocycles. The van der Waals surface area contributed by atoms with Gasteiger partial charge in [-0.05, 0) is 25.7 Å². The maximum atomic E-state index is 10.9. The second-order valence-corrected chi connectivity index (χ2v) is 6.33. The summed E-state index contributed by atoms with van der Waals surface area (Å²) >= 11 is 0. The molecule has 1 N–H and O–H groups in total. The Morgan fingerprint density at radius 1 is 1.36 bits per heavy atom. The van der Waals surface area contributed by atoms with Crippen LogP contribution in [0.2, 0.25) is 0 Å². The zero-order chi connectivity index (χ0) is 10.7. The first-order chi connectivity index (χ1) is 6.41. The average molecular weight is 222 g/mol. The maximum absolute atomic E-state index is 10.9. The molecule has 5 heteroatoms. The topological polar surface area (TPSA) is 63.6 Å². The van der Waals surface area contributed by atoms with Crippen LogP contribution in [0, 0.1) is 0 Å². The summed E-state index contributed by atoms with van der Waals surface area (Å²) in [6, 6.07) is 0. The van der Waals surface area contributed by atoms with Crippen LogP contribution >= 0.6 is 0 Å². The van der Waals surface area contributed by atoms with Crippen molar-refractivity contribution >= 4 is 9.84 Å². The van der Waals surface area contributed by atoms with Gasteiger partial charge in [0.1, 0.15) is 9.84 Å². The van der Waals surface area contributed by atoms with Crippen LogP contribution in [-0.2, 0) is 14.6 Å². The van der Waals surface area contributed by atoms with Crippen LogP contribution < -0.4 is 0 Å². The minimum absolute atomic E-state index is 0.163. The third kappa shape index (κ3) is 4.39. The molecule has 0 bridgehead atoms. The van der Waals surface area contributed by atoms with Crippen molar-refractivity contribution in [3.05, 3.63) is 0 Å². The molecule has 0 unspecified atom stereocenters. The molecule has 0 amide bonds. The summed E-state index contributed by atoms with van der Waals surface area (Å²) in [5.74, 6) is 0.163. The summed E-state index contributed by atoms with van der Waals surface area (Å²) in [6.07, 6.45) is 3.56.